The van der Waals surface area contributed by atoms with Crippen LogP contribution in [0.25, 0.3) is 0 Å². The summed E-state index contributed by atoms with van der Waals surface area (Å²) in [4.78, 5) is 2.01. The number of hydrogen-bond donors (Lipinski definition) is 1. The summed E-state index contributed by atoms with van der Waals surface area (Å²) in [5.74, 6) is 0.529. The molecule has 0 saturated carbocycles. The Morgan fingerprint density at radius 2 is 2.07 bits per heavy atom. The van der Waals surface area contributed by atoms with Crippen LogP contribution in [-0.4, -0.2) is 37.0 Å². The van der Waals surface area contributed by atoms with Crippen molar-refractivity contribution in [3.63, 3.8) is 0 Å². The van der Waals surface area contributed by atoms with E-state index < -0.39 is 0 Å². The van der Waals surface area contributed by atoms with Crippen molar-refractivity contribution in [2.75, 3.05) is 26.3 Å². The molecule has 0 aromatic heterocycles. The lowest BCUT2D eigenvalue weighted by molar-refractivity contribution is 0.0680. The molecule has 15 heavy (non-hydrogen) atoms. The molecule has 1 saturated heterocycles. The van der Waals surface area contributed by atoms with E-state index >= 15 is 0 Å². The molecular formula is C11H13ClN2O. The van der Waals surface area contributed by atoms with Crippen LogP contribution in [0.5, 0.6) is 0 Å². The van der Waals surface area contributed by atoms with Gasteiger partial charge in [-0.3, -0.25) is 5.41 Å². The Labute approximate surface area is 94.1 Å². The smallest absolute Gasteiger partial charge is 0.128 e. The van der Waals surface area contributed by atoms with Crippen LogP contribution in [0.15, 0.2) is 24.3 Å². The summed E-state index contributed by atoms with van der Waals surface area (Å²) in [5, 5.41) is 8.70. The van der Waals surface area contributed by atoms with Crippen LogP contribution in [-0.2, 0) is 4.74 Å². The van der Waals surface area contributed by atoms with E-state index in [1.165, 1.54) is 0 Å². The van der Waals surface area contributed by atoms with Crippen molar-refractivity contribution in [3.8, 4) is 0 Å². The highest BCUT2D eigenvalue weighted by atomic mass is 35.5. The third-order valence-corrected chi connectivity index (χ3v) is 2.66. The van der Waals surface area contributed by atoms with Crippen molar-refractivity contribution >= 4 is 17.4 Å². The first-order valence-electron chi connectivity index (χ1n) is 4.94. The minimum Gasteiger partial charge on any atom is -0.378 e. The second-order valence-corrected chi connectivity index (χ2v) is 3.89. The number of benzene rings is 1. The van der Waals surface area contributed by atoms with Gasteiger partial charge in [0.2, 0.25) is 0 Å². The van der Waals surface area contributed by atoms with Crippen LogP contribution in [0, 0.1) is 5.41 Å². The van der Waals surface area contributed by atoms with Crippen LogP contribution in [0.4, 0.5) is 0 Å². The van der Waals surface area contributed by atoms with Gasteiger partial charge in [-0.15, -0.1) is 0 Å². The summed E-state index contributed by atoms with van der Waals surface area (Å²) in [5.41, 5.74) is 0.865. The number of morpholine rings is 1. The Morgan fingerprint density at radius 1 is 1.33 bits per heavy atom. The van der Waals surface area contributed by atoms with E-state index in [0.29, 0.717) is 24.1 Å². The molecule has 0 bridgehead atoms. The maximum Gasteiger partial charge on any atom is 0.128 e. The molecule has 1 aromatic carbocycles. The predicted octanol–water partition coefficient (Wildman–Crippen LogP) is 2.00. The van der Waals surface area contributed by atoms with Gasteiger partial charge < -0.3 is 9.64 Å². The fraction of sp³-hybridized carbons (Fsp3) is 0.364. The number of nitrogens with one attached hydrogen (secondary N) is 1. The Bertz CT molecular complexity index is 361. The summed E-state index contributed by atoms with van der Waals surface area (Å²) in [6, 6.07) is 7.41. The number of amidine groups is 1. The number of rotatable bonds is 1. The molecule has 1 N–H and O–H groups in total. The summed E-state index contributed by atoms with van der Waals surface area (Å²) >= 11 is 5.89. The SMILES string of the molecule is N=C(c1cccc(Cl)c1)N1CCOCC1. The van der Waals surface area contributed by atoms with Crippen molar-refractivity contribution in [3.05, 3.63) is 34.9 Å². The van der Waals surface area contributed by atoms with Gasteiger partial charge in [0.25, 0.3) is 0 Å². The maximum absolute atomic E-state index is 8.03. The highest BCUT2D eigenvalue weighted by molar-refractivity contribution is 6.31. The largest absolute Gasteiger partial charge is 0.378 e. The number of hydrogen-bond acceptors (Lipinski definition) is 2. The molecule has 1 fully saturated rings. The quantitative estimate of drug-likeness (QED) is 0.585. The van der Waals surface area contributed by atoms with Gasteiger partial charge in [0.05, 0.1) is 13.2 Å². The van der Waals surface area contributed by atoms with Gasteiger partial charge in [0.15, 0.2) is 0 Å². The molecule has 4 heteroatoms. The van der Waals surface area contributed by atoms with E-state index in [1.54, 1.807) is 0 Å². The van der Waals surface area contributed by atoms with Crippen LogP contribution >= 0.6 is 11.6 Å². The summed E-state index contributed by atoms with van der Waals surface area (Å²) in [6.45, 7) is 2.96. The molecule has 0 spiro atoms. The molecule has 0 unspecified atom stereocenters. The minimum atomic E-state index is 0.529. The van der Waals surface area contributed by atoms with Gasteiger partial charge >= 0.3 is 0 Å². The molecule has 2 rings (SSSR count). The van der Waals surface area contributed by atoms with Crippen molar-refractivity contribution < 1.29 is 4.74 Å². The molecule has 1 aromatic rings. The first kappa shape index (κ1) is 10.5. The van der Waals surface area contributed by atoms with Gasteiger partial charge in [-0.1, -0.05) is 23.7 Å². The van der Waals surface area contributed by atoms with Crippen LogP contribution in [0.2, 0.25) is 5.02 Å². The highest BCUT2D eigenvalue weighted by Crippen LogP contribution is 2.13. The molecule has 0 radical (unpaired) electrons. The van der Waals surface area contributed by atoms with Crippen molar-refractivity contribution in [1.82, 2.24) is 4.90 Å². The summed E-state index contributed by atoms with van der Waals surface area (Å²) < 4.78 is 5.25. The molecular weight excluding hydrogens is 212 g/mol. The number of halogens is 1. The summed E-state index contributed by atoms with van der Waals surface area (Å²) in [7, 11) is 0. The van der Waals surface area contributed by atoms with E-state index in [0.717, 1.165) is 18.7 Å². The summed E-state index contributed by atoms with van der Waals surface area (Å²) in [6.07, 6.45) is 0. The van der Waals surface area contributed by atoms with E-state index in [-0.39, 0.29) is 0 Å². The second-order valence-electron chi connectivity index (χ2n) is 3.46. The van der Waals surface area contributed by atoms with Crippen LogP contribution in [0.3, 0.4) is 0 Å². The maximum atomic E-state index is 8.03. The fourth-order valence-electron chi connectivity index (χ4n) is 1.61. The Balaban J connectivity index is 2.12. The highest BCUT2D eigenvalue weighted by Gasteiger charge is 2.14. The van der Waals surface area contributed by atoms with Gasteiger partial charge in [0.1, 0.15) is 5.84 Å². The molecule has 1 heterocycles. The molecule has 3 nitrogen and oxygen atoms in total. The minimum absolute atomic E-state index is 0.529. The molecule has 80 valence electrons. The Hall–Kier alpha value is -1.06. The zero-order chi connectivity index (χ0) is 10.7. The third kappa shape index (κ3) is 2.49. The molecule has 1 aliphatic rings. The average Bonchev–Trinajstić information content (AvgIpc) is 2.29. The van der Waals surface area contributed by atoms with Gasteiger partial charge in [0, 0.05) is 23.7 Å². The van der Waals surface area contributed by atoms with Crippen molar-refractivity contribution in [2.24, 2.45) is 0 Å². The average molecular weight is 225 g/mol. The van der Waals surface area contributed by atoms with E-state index in [4.69, 9.17) is 21.7 Å². The van der Waals surface area contributed by atoms with E-state index in [1.807, 2.05) is 29.2 Å². The lowest BCUT2D eigenvalue weighted by atomic mass is 10.2. The van der Waals surface area contributed by atoms with E-state index in [9.17, 15) is 0 Å². The monoisotopic (exact) mass is 224 g/mol. The third-order valence-electron chi connectivity index (χ3n) is 2.43. The Morgan fingerprint density at radius 3 is 2.73 bits per heavy atom. The lowest BCUT2D eigenvalue weighted by Crippen LogP contribution is -2.40. The number of ether oxygens (including phenoxy) is 1. The fourth-order valence-corrected chi connectivity index (χ4v) is 1.80. The lowest BCUT2D eigenvalue weighted by Gasteiger charge is -2.29. The van der Waals surface area contributed by atoms with Gasteiger partial charge in [-0.05, 0) is 12.1 Å². The van der Waals surface area contributed by atoms with Crippen molar-refractivity contribution in [1.29, 1.82) is 5.41 Å². The van der Waals surface area contributed by atoms with Crippen LogP contribution in [0.1, 0.15) is 5.56 Å². The van der Waals surface area contributed by atoms with Gasteiger partial charge in [-0.2, -0.15) is 0 Å². The van der Waals surface area contributed by atoms with Crippen LogP contribution < -0.4 is 0 Å². The van der Waals surface area contributed by atoms with E-state index in [2.05, 4.69) is 0 Å². The molecule has 0 aliphatic carbocycles. The standard InChI is InChI=1S/C11H13ClN2O/c12-10-3-1-2-9(8-10)11(13)14-4-6-15-7-5-14/h1-3,8,13H,4-7H2. The molecule has 1 aliphatic heterocycles. The molecule has 0 amide bonds. The topological polar surface area (TPSA) is 36.3 Å². The predicted molar refractivity (Wildman–Crippen MR) is 60.7 cm³/mol. The van der Waals surface area contributed by atoms with Gasteiger partial charge in [-0.25, -0.2) is 0 Å². The first-order valence-corrected chi connectivity index (χ1v) is 5.32. The number of nitrogens with zero attached hydrogens (tertiary/aromatic N) is 1. The normalized spacial score (nSPS) is 16.5. The molecule has 0 atom stereocenters. The zero-order valence-electron chi connectivity index (χ0n) is 8.37. The second kappa shape index (κ2) is 4.64. The zero-order valence-corrected chi connectivity index (χ0v) is 9.13. The Kier molecular flexibility index (Phi) is 3.23. The first-order chi connectivity index (χ1) is 7.27. The van der Waals surface area contributed by atoms with Crippen molar-refractivity contribution in [2.45, 2.75) is 0 Å².